The predicted octanol–water partition coefficient (Wildman–Crippen LogP) is 8.90. The number of anilines is 1. The fourth-order valence-electron chi connectivity index (χ4n) is 5.16. The molecule has 0 bridgehead atoms. The van der Waals surface area contributed by atoms with Gasteiger partial charge in [-0.2, -0.15) is 0 Å². The Morgan fingerprint density at radius 3 is 2.19 bits per heavy atom. The minimum absolute atomic E-state index is 0.296. The standard InChI is InChI=1S/C17H16Cl3N.C13H20N2S/c18-12-4-7-14(8-5-12)21-10-2-1-3-17(21)15-9-6-13(19)11-16(15)20;1-14-16-13-7-9-15(10-8-13)11-12-5-3-2-4-6-12/h4-9,11,17H,1-3,10H2;2-6,13-14H,7-11H2,1H3. The summed E-state index contributed by atoms with van der Waals surface area (Å²) >= 11 is 20.3. The fourth-order valence-corrected chi connectivity index (χ4v) is 6.60. The lowest BCUT2D eigenvalue weighted by atomic mass is 9.94. The van der Waals surface area contributed by atoms with Gasteiger partial charge in [0.05, 0.1) is 6.04 Å². The molecule has 0 amide bonds. The SMILES string of the molecule is CNSC1CCN(Cc2ccccc2)CC1.Clc1ccc(N2CCCCC2c2ccc(Cl)cc2Cl)cc1. The van der Waals surface area contributed by atoms with E-state index in [1.54, 1.807) is 0 Å². The predicted molar refractivity (Wildman–Crippen MR) is 163 cm³/mol. The van der Waals surface area contributed by atoms with Crippen LogP contribution in [-0.2, 0) is 6.54 Å². The van der Waals surface area contributed by atoms with Crippen molar-refractivity contribution in [2.45, 2.75) is 49.9 Å². The van der Waals surface area contributed by atoms with Crippen LogP contribution in [0.1, 0.15) is 49.3 Å². The zero-order chi connectivity index (χ0) is 26.0. The molecule has 0 aromatic heterocycles. The molecule has 1 unspecified atom stereocenters. The molecule has 2 saturated heterocycles. The Hall–Kier alpha value is -1.40. The Bertz CT molecular complexity index is 1090. The smallest absolute Gasteiger partial charge is 0.0557 e. The van der Waals surface area contributed by atoms with Gasteiger partial charge in [-0.05, 0) is 99.8 Å². The van der Waals surface area contributed by atoms with Gasteiger partial charge in [-0.1, -0.05) is 83.1 Å². The summed E-state index contributed by atoms with van der Waals surface area (Å²) in [5.74, 6) is 0. The van der Waals surface area contributed by atoms with Gasteiger partial charge in [-0.15, -0.1) is 0 Å². The quantitative estimate of drug-likeness (QED) is 0.295. The van der Waals surface area contributed by atoms with Gasteiger partial charge in [0.2, 0.25) is 0 Å². The average molecular weight is 577 g/mol. The molecule has 0 spiro atoms. The van der Waals surface area contributed by atoms with Crippen molar-refractivity contribution in [2.75, 3.05) is 31.6 Å². The van der Waals surface area contributed by atoms with Crippen LogP contribution in [-0.4, -0.2) is 36.8 Å². The molecule has 0 radical (unpaired) electrons. The average Bonchev–Trinajstić information content (AvgIpc) is 2.92. The van der Waals surface area contributed by atoms with Gasteiger partial charge in [0.1, 0.15) is 0 Å². The molecule has 3 aromatic rings. The van der Waals surface area contributed by atoms with Crippen LogP contribution in [0.15, 0.2) is 72.8 Å². The van der Waals surface area contributed by atoms with Crippen molar-refractivity contribution >= 4 is 52.4 Å². The van der Waals surface area contributed by atoms with E-state index in [1.807, 2.05) is 49.3 Å². The largest absolute Gasteiger partial charge is 0.364 e. The van der Waals surface area contributed by atoms with E-state index in [9.17, 15) is 0 Å². The van der Waals surface area contributed by atoms with Crippen LogP contribution in [0.3, 0.4) is 0 Å². The molecule has 198 valence electrons. The Balaban J connectivity index is 0.000000180. The number of hydrogen-bond acceptors (Lipinski definition) is 4. The van der Waals surface area contributed by atoms with Crippen molar-refractivity contribution in [1.29, 1.82) is 0 Å². The van der Waals surface area contributed by atoms with Crippen molar-refractivity contribution < 1.29 is 0 Å². The number of piperidine rings is 2. The van der Waals surface area contributed by atoms with Gasteiger partial charge >= 0.3 is 0 Å². The van der Waals surface area contributed by atoms with Gasteiger partial charge in [-0.25, -0.2) is 0 Å². The molecular weight excluding hydrogens is 541 g/mol. The highest BCUT2D eigenvalue weighted by Gasteiger charge is 2.26. The van der Waals surface area contributed by atoms with Crippen molar-refractivity contribution in [1.82, 2.24) is 9.62 Å². The summed E-state index contributed by atoms with van der Waals surface area (Å²) in [6.45, 7) is 4.60. The molecule has 1 N–H and O–H groups in total. The van der Waals surface area contributed by atoms with Crippen LogP contribution in [0, 0.1) is 0 Å². The first-order valence-electron chi connectivity index (χ1n) is 13.1. The summed E-state index contributed by atoms with van der Waals surface area (Å²) in [5, 5.41) is 2.99. The third-order valence-electron chi connectivity index (χ3n) is 7.05. The van der Waals surface area contributed by atoms with E-state index in [0.717, 1.165) is 40.4 Å². The minimum Gasteiger partial charge on any atom is -0.364 e. The summed E-state index contributed by atoms with van der Waals surface area (Å²) in [6.07, 6.45) is 6.12. The Morgan fingerprint density at radius 1 is 0.811 bits per heavy atom. The van der Waals surface area contributed by atoms with E-state index in [0.29, 0.717) is 11.1 Å². The van der Waals surface area contributed by atoms with Crippen LogP contribution >= 0.6 is 46.8 Å². The second-order valence-electron chi connectivity index (χ2n) is 9.63. The lowest BCUT2D eigenvalue weighted by Crippen LogP contribution is -2.35. The number of halogens is 3. The van der Waals surface area contributed by atoms with E-state index in [1.165, 1.54) is 50.0 Å². The highest BCUT2D eigenvalue weighted by atomic mass is 35.5. The third kappa shape index (κ3) is 8.54. The van der Waals surface area contributed by atoms with Gasteiger partial charge in [-0.3, -0.25) is 9.62 Å². The second kappa shape index (κ2) is 14.7. The number of nitrogens with zero attached hydrogens (tertiary/aromatic N) is 2. The maximum atomic E-state index is 6.41. The number of benzene rings is 3. The highest BCUT2D eigenvalue weighted by molar-refractivity contribution is 7.98. The van der Waals surface area contributed by atoms with E-state index in [2.05, 4.69) is 57.0 Å². The molecule has 3 aromatic carbocycles. The first kappa shape index (κ1) is 28.6. The Morgan fingerprint density at radius 2 is 1.51 bits per heavy atom. The van der Waals surface area contributed by atoms with E-state index >= 15 is 0 Å². The molecule has 0 aliphatic carbocycles. The summed E-state index contributed by atoms with van der Waals surface area (Å²) in [4.78, 5) is 4.97. The molecule has 2 heterocycles. The van der Waals surface area contributed by atoms with Crippen LogP contribution in [0.25, 0.3) is 0 Å². The monoisotopic (exact) mass is 575 g/mol. The molecule has 7 heteroatoms. The summed E-state index contributed by atoms with van der Waals surface area (Å²) in [7, 11) is 2.01. The van der Waals surface area contributed by atoms with Gasteiger partial charge in [0, 0.05) is 39.1 Å². The van der Waals surface area contributed by atoms with Gasteiger partial charge in [0.25, 0.3) is 0 Å². The van der Waals surface area contributed by atoms with Crippen molar-refractivity contribution in [3.8, 4) is 0 Å². The maximum Gasteiger partial charge on any atom is 0.0557 e. The van der Waals surface area contributed by atoms with Crippen LogP contribution in [0.2, 0.25) is 15.1 Å². The van der Waals surface area contributed by atoms with Crippen molar-refractivity contribution in [3.05, 3.63) is 99.0 Å². The molecule has 0 saturated carbocycles. The van der Waals surface area contributed by atoms with E-state index in [4.69, 9.17) is 34.8 Å². The second-order valence-corrected chi connectivity index (χ2v) is 12.2. The molecule has 1 atom stereocenters. The van der Waals surface area contributed by atoms with Gasteiger partial charge in [0.15, 0.2) is 0 Å². The molecule has 37 heavy (non-hydrogen) atoms. The van der Waals surface area contributed by atoms with E-state index < -0.39 is 0 Å². The molecular formula is C30H36Cl3N3S. The summed E-state index contributed by atoms with van der Waals surface area (Å²) < 4.78 is 3.20. The zero-order valence-electron chi connectivity index (χ0n) is 21.4. The number of rotatable bonds is 6. The first-order valence-corrected chi connectivity index (χ1v) is 15.1. The molecule has 2 fully saturated rings. The topological polar surface area (TPSA) is 18.5 Å². The van der Waals surface area contributed by atoms with Crippen molar-refractivity contribution in [2.24, 2.45) is 0 Å². The fraction of sp³-hybridized carbons (Fsp3) is 0.400. The maximum absolute atomic E-state index is 6.41. The van der Waals surface area contributed by atoms with Crippen molar-refractivity contribution in [3.63, 3.8) is 0 Å². The van der Waals surface area contributed by atoms with E-state index in [-0.39, 0.29) is 0 Å². The summed E-state index contributed by atoms with van der Waals surface area (Å²) in [5.41, 5.74) is 3.77. The summed E-state index contributed by atoms with van der Waals surface area (Å²) in [6, 6.07) is 24.9. The lowest BCUT2D eigenvalue weighted by Gasteiger charge is -2.38. The molecule has 2 aliphatic heterocycles. The highest BCUT2D eigenvalue weighted by Crippen LogP contribution is 2.39. The number of likely N-dealkylation sites (tertiary alicyclic amines) is 1. The first-order chi connectivity index (χ1) is 18.0. The van der Waals surface area contributed by atoms with Crippen LogP contribution < -0.4 is 9.62 Å². The molecule has 5 rings (SSSR count). The minimum atomic E-state index is 0.296. The number of nitrogens with one attached hydrogen (secondary N) is 1. The molecule has 3 nitrogen and oxygen atoms in total. The third-order valence-corrected chi connectivity index (χ3v) is 8.91. The number of hydrogen-bond donors (Lipinski definition) is 1. The normalized spacial score (nSPS) is 18.8. The Labute approximate surface area is 241 Å². The van der Waals surface area contributed by atoms with Gasteiger partial charge < -0.3 is 4.90 Å². The lowest BCUT2D eigenvalue weighted by molar-refractivity contribution is 0.224. The Kier molecular flexibility index (Phi) is 11.3. The van der Waals surface area contributed by atoms with Crippen LogP contribution in [0.5, 0.6) is 0 Å². The van der Waals surface area contributed by atoms with Crippen LogP contribution in [0.4, 0.5) is 5.69 Å². The molecule has 2 aliphatic rings. The zero-order valence-corrected chi connectivity index (χ0v) is 24.5.